The van der Waals surface area contributed by atoms with E-state index >= 15 is 0 Å². The number of halogens is 5. The number of rotatable bonds is 4. The lowest BCUT2D eigenvalue weighted by Crippen LogP contribution is -2.34. The number of sulfonamides is 1. The third-order valence-electron chi connectivity index (χ3n) is 4.51. The highest BCUT2D eigenvalue weighted by atomic mass is 35.5. The molecule has 0 bridgehead atoms. The monoisotopic (exact) mass is 518 g/mol. The highest BCUT2D eigenvalue weighted by Gasteiger charge is 2.35. The van der Waals surface area contributed by atoms with Gasteiger partial charge >= 0.3 is 12.2 Å². The van der Waals surface area contributed by atoms with E-state index in [-0.39, 0.29) is 21.7 Å². The molecule has 34 heavy (non-hydrogen) atoms. The number of nitrogens with zero attached hydrogens (tertiary/aromatic N) is 2. The van der Waals surface area contributed by atoms with E-state index in [1.54, 1.807) is 11.6 Å². The molecule has 0 fully saturated rings. The Morgan fingerprint density at radius 2 is 1.74 bits per heavy atom. The molecule has 180 valence electrons. The zero-order valence-electron chi connectivity index (χ0n) is 17.4. The van der Waals surface area contributed by atoms with E-state index < -0.39 is 50.4 Å². The molecule has 0 saturated heterocycles. The molecule has 0 aliphatic rings. The first-order chi connectivity index (χ1) is 15.7. The van der Waals surface area contributed by atoms with Crippen molar-refractivity contribution in [1.29, 1.82) is 0 Å². The number of benzene rings is 2. The summed E-state index contributed by atoms with van der Waals surface area (Å²) in [5.74, 6) is -1.10. The maximum Gasteiger partial charge on any atom is 0.433 e. The highest BCUT2D eigenvalue weighted by Crippen LogP contribution is 2.31. The van der Waals surface area contributed by atoms with Crippen molar-refractivity contribution < 1.29 is 30.8 Å². The Morgan fingerprint density at radius 3 is 2.32 bits per heavy atom. The molecule has 0 aliphatic heterocycles. The maximum absolute atomic E-state index is 14.5. The van der Waals surface area contributed by atoms with E-state index in [1.165, 1.54) is 24.3 Å². The fourth-order valence-corrected chi connectivity index (χ4v) is 3.97. The van der Waals surface area contributed by atoms with Gasteiger partial charge in [-0.25, -0.2) is 22.3 Å². The average Bonchev–Trinajstić information content (AvgIpc) is 2.70. The SMILES string of the molecule is Cc1ccc(S(=O)(=O)NC(=O)Nc2cc(-c3nn(C)c(C(F)(F)F)cc3=O)c(F)cc2Cl)cc1. The van der Waals surface area contributed by atoms with Crippen LogP contribution in [0.1, 0.15) is 11.3 Å². The van der Waals surface area contributed by atoms with Crippen LogP contribution in [0.3, 0.4) is 0 Å². The van der Waals surface area contributed by atoms with Crippen LogP contribution in [0.25, 0.3) is 11.3 Å². The number of nitrogens with one attached hydrogen (secondary N) is 2. The number of urea groups is 1. The predicted molar refractivity (Wildman–Crippen MR) is 115 cm³/mol. The molecule has 0 radical (unpaired) electrons. The van der Waals surface area contributed by atoms with E-state index in [1.807, 2.05) is 0 Å². The third-order valence-corrected chi connectivity index (χ3v) is 6.17. The molecule has 0 unspecified atom stereocenters. The zero-order valence-corrected chi connectivity index (χ0v) is 18.9. The Kier molecular flexibility index (Phi) is 6.71. The van der Waals surface area contributed by atoms with Crippen LogP contribution in [-0.4, -0.2) is 24.2 Å². The molecule has 0 atom stereocenters. The van der Waals surface area contributed by atoms with Crippen LogP contribution in [0.15, 0.2) is 52.2 Å². The Hall–Kier alpha value is -3.45. The molecule has 3 rings (SSSR count). The lowest BCUT2D eigenvalue weighted by molar-refractivity contribution is -0.144. The molecule has 0 spiro atoms. The molecule has 0 saturated carbocycles. The van der Waals surface area contributed by atoms with E-state index in [4.69, 9.17) is 11.6 Å². The minimum Gasteiger partial charge on any atom is -0.306 e. The molecule has 2 N–H and O–H groups in total. The van der Waals surface area contributed by atoms with E-state index in [2.05, 4.69) is 10.4 Å². The van der Waals surface area contributed by atoms with Gasteiger partial charge in [-0.1, -0.05) is 29.3 Å². The van der Waals surface area contributed by atoms with Gasteiger partial charge in [0, 0.05) is 18.7 Å². The molecule has 14 heteroatoms. The second-order valence-corrected chi connectivity index (χ2v) is 9.14. The Balaban J connectivity index is 1.94. The molecule has 2 aromatic carbocycles. The summed E-state index contributed by atoms with van der Waals surface area (Å²) in [5.41, 5.74) is -3.36. The number of aryl methyl sites for hydroxylation is 2. The normalized spacial score (nSPS) is 11.9. The van der Waals surface area contributed by atoms with E-state index in [0.29, 0.717) is 10.7 Å². The van der Waals surface area contributed by atoms with Crippen molar-refractivity contribution in [1.82, 2.24) is 14.5 Å². The summed E-state index contributed by atoms with van der Waals surface area (Å²) in [6, 6.07) is 6.14. The maximum atomic E-state index is 14.5. The second-order valence-electron chi connectivity index (χ2n) is 7.05. The summed E-state index contributed by atoms with van der Waals surface area (Å²) in [4.78, 5) is 24.3. The average molecular weight is 519 g/mol. The second kappa shape index (κ2) is 9.06. The number of aromatic nitrogens is 2. The predicted octanol–water partition coefficient (Wildman–Crippen LogP) is 4.08. The lowest BCUT2D eigenvalue weighted by Gasteiger charge is -2.14. The number of alkyl halides is 3. The van der Waals surface area contributed by atoms with Crippen LogP contribution in [0.4, 0.5) is 28.0 Å². The Labute approximate surface area is 195 Å². The van der Waals surface area contributed by atoms with Crippen molar-refractivity contribution in [3.05, 3.63) is 74.8 Å². The molecule has 1 aromatic heterocycles. The Bertz CT molecular complexity index is 1440. The summed E-state index contributed by atoms with van der Waals surface area (Å²) in [6.45, 7) is 1.74. The van der Waals surface area contributed by atoms with Gasteiger partial charge in [-0.2, -0.15) is 18.3 Å². The largest absolute Gasteiger partial charge is 0.433 e. The molecule has 8 nitrogen and oxygen atoms in total. The van der Waals surface area contributed by atoms with Crippen molar-refractivity contribution in [2.24, 2.45) is 7.05 Å². The number of carbonyl (C=O) groups is 1. The van der Waals surface area contributed by atoms with Crippen LogP contribution in [0.5, 0.6) is 0 Å². The number of hydrogen-bond acceptors (Lipinski definition) is 5. The first-order valence-corrected chi connectivity index (χ1v) is 11.1. The van der Waals surface area contributed by atoms with Gasteiger partial charge < -0.3 is 5.32 Å². The van der Waals surface area contributed by atoms with Crippen molar-refractivity contribution in [2.45, 2.75) is 18.0 Å². The fourth-order valence-electron chi connectivity index (χ4n) is 2.86. The lowest BCUT2D eigenvalue weighted by atomic mass is 10.1. The molecule has 0 aliphatic carbocycles. The van der Waals surface area contributed by atoms with Crippen LogP contribution in [0.2, 0.25) is 5.02 Å². The third kappa shape index (κ3) is 5.37. The minimum absolute atomic E-state index is 0.198. The van der Waals surface area contributed by atoms with Crippen LogP contribution in [-0.2, 0) is 23.2 Å². The first kappa shape index (κ1) is 25.2. The first-order valence-electron chi connectivity index (χ1n) is 9.24. The molecule has 1 heterocycles. The number of hydrogen-bond donors (Lipinski definition) is 2. The minimum atomic E-state index is -4.87. The Morgan fingerprint density at radius 1 is 1.12 bits per heavy atom. The number of anilines is 1. The molecule has 3 aromatic rings. The van der Waals surface area contributed by atoms with Crippen LogP contribution < -0.4 is 15.5 Å². The van der Waals surface area contributed by atoms with Gasteiger partial charge in [0.05, 0.1) is 15.6 Å². The summed E-state index contributed by atoms with van der Waals surface area (Å²) < 4.78 is 80.3. The van der Waals surface area contributed by atoms with Crippen molar-refractivity contribution in [2.75, 3.05) is 5.32 Å². The van der Waals surface area contributed by atoms with Crippen LogP contribution >= 0.6 is 11.6 Å². The van der Waals surface area contributed by atoms with Gasteiger partial charge in [-0.3, -0.25) is 9.48 Å². The van der Waals surface area contributed by atoms with Gasteiger partial charge in [0.25, 0.3) is 10.0 Å². The van der Waals surface area contributed by atoms with Gasteiger partial charge in [0.1, 0.15) is 17.2 Å². The smallest absolute Gasteiger partial charge is 0.306 e. The van der Waals surface area contributed by atoms with E-state index in [9.17, 15) is 35.6 Å². The molecule has 2 amide bonds. The van der Waals surface area contributed by atoms with Crippen LogP contribution in [0, 0.1) is 12.7 Å². The van der Waals surface area contributed by atoms with Gasteiger partial charge in [0.15, 0.2) is 0 Å². The summed E-state index contributed by atoms with van der Waals surface area (Å²) >= 11 is 5.91. The fraction of sp³-hybridized carbons (Fsp3) is 0.150. The standard InChI is InChI=1S/C20H15ClF4N4O4S/c1-10-3-5-11(6-4-10)34(32,33)28-19(31)26-15-7-12(14(22)8-13(15)21)18-16(30)9-17(20(23,24)25)29(2)27-18/h3-9H,1-2H3,(H2,26,28,31). The quantitative estimate of drug-likeness (QED) is 0.506. The van der Waals surface area contributed by atoms with Crippen molar-refractivity contribution in [3.8, 4) is 11.3 Å². The highest BCUT2D eigenvalue weighted by molar-refractivity contribution is 7.90. The summed E-state index contributed by atoms with van der Waals surface area (Å²) in [5, 5.41) is 5.25. The zero-order chi connectivity index (χ0) is 25.4. The van der Waals surface area contributed by atoms with Crippen molar-refractivity contribution >= 4 is 33.3 Å². The van der Waals surface area contributed by atoms with E-state index in [0.717, 1.165) is 18.7 Å². The van der Waals surface area contributed by atoms with Crippen molar-refractivity contribution in [3.63, 3.8) is 0 Å². The van der Waals surface area contributed by atoms with Gasteiger partial charge in [-0.05, 0) is 31.2 Å². The van der Waals surface area contributed by atoms with Gasteiger partial charge in [-0.15, -0.1) is 0 Å². The topological polar surface area (TPSA) is 110 Å². The summed E-state index contributed by atoms with van der Waals surface area (Å²) in [7, 11) is -3.34. The molecular weight excluding hydrogens is 504 g/mol. The number of carbonyl (C=O) groups excluding carboxylic acids is 1. The van der Waals surface area contributed by atoms with Gasteiger partial charge in [0.2, 0.25) is 5.43 Å². The summed E-state index contributed by atoms with van der Waals surface area (Å²) in [6.07, 6.45) is -4.87. The number of amides is 2. The molecular formula is C20H15ClF4N4O4S.